The molecule has 0 bridgehead atoms. The summed E-state index contributed by atoms with van der Waals surface area (Å²) < 4.78 is 11.5. The second-order valence-electron chi connectivity index (χ2n) is 9.74. The molecule has 0 fully saturated rings. The second kappa shape index (κ2) is 9.82. The zero-order valence-corrected chi connectivity index (χ0v) is 20.9. The predicted octanol–water partition coefficient (Wildman–Crippen LogP) is 4.87. The van der Waals surface area contributed by atoms with Gasteiger partial charge < -0.3 is 23.9 Å². The highest BCUT2D eigenvalue weighted by molar-refractivity contribution is 5.88. The van der Waals surface area contributed by atoms with Gasteiger partial charge in [-0.15, -0.1) is 0 Å². The molecule has 0 atom stereocenters. The molecule has 8 nitrogen and oxygen atoms in total. The van der Waals surface area contributed by atoms with Crippen molar-refractivity contribution in [3.63, 3.8) is 0 Å². The van der Waals surface area contributed by atoms with Crippen LogP contribution in [0.25, 0.3) is 11.0 Å². The number of aromatic nitrogens is 1. The van der Waals surface area contributed by atoms with Crippen LogP contribution in [0.1, 0.15) is 37.7 Å². The molecular formula is C27H32N4O4. The number of rotatable bonds is 4. The number of pyridine rings is 1. The van der Waals surface area contributed by atoms with E-state index in [1.807, 2.05) is 69.0 Å². The van der Waals surface area contributed by atoms with E-state index in [0.717, 1.165) is 33.7 Å². The summed E-state index contributed by atoms with van der Waals surface area (Å²) in [5, 5.41) is 1.06. The zero-order chi connectivity index (χ0) is 25.2. The molecule has 0 unspecified atom stereocenters. The van der Waals surface area contributed by atoms with Crippen LogP contribution in [0.15, 0.2) is 59.3 Å². The van der Waals surface area contributed by atoms with E-state index in [1.165, 1.54) is 6.08 Å². The van der Waals surface area contributed by atoms with Crippen molar-refractivity contribution in [2.75, 3.05) is 25.0 Å². The molecule has 1 aliphatic heterocycles. The van der Waals surface area contributed by atoms with Crippen molar-refractivity contribution < 1.29 is 18.7 Å². The largest absolute Gasteiger partial charge is 0.459 e. The van der Waals surface area contributed by atoms with Crippen molar-refractivity contribution in [2.45, 2.75) is 46.4 Å². The quantitative estimate of drug-likeness (QED) is 0.500. The van der Waals surface area contributed by atoms with Gasteiger partial charge >= 0.3 is 6.09 Å². The minimum atomic E-state index is -0.573. The maximum Gasteiger partial charge on any atom is 0.410 e. The summed E-state index contributed by atoms with van der Waals surface area (Å²) in [6.07, 6.45) is 4.60. The molecule has 0 radical (unpaired) electrons. The molecule has 4 rings (SSSR count). The van der Waals surface area contributed by atoms with Gasteiger partial charge in [0, 0.05) is 55.1 Å². The summed E-state index contributed by atoms with van der Waals surface area (Å²) in [7, 11) is 1.75. The van der Waals surface area contributed by atoms with Crippen molar-refractivity contribution in [3.05, 3.63) is 71.8 Å². The molecule has 0 aliphatic carbocycles. The van der Waals surface area contributed by atoms with Gasteiger partial charge in [0.15, 0.2) is 0 Å². The van der Waals surface area contributed by atoms with Gasteiger partial charge in [-0.05, 0) is 39.8 Å². The van der Waals surface area contributed by atoms with Crippen LogP contribution in [-0.4, -0.2) is 52.5 Å². The first-order valence-corrected chi connectivity index (χ1v) is 11.7. The van der Waals surface area contributed by atoms with E-state index in [0.29, 0.717) is 26.2 Å². The lowest BCUT2D eigenvalue weighted by molar-refractivity contribution is -0.125. The first kappa shape index (κ1) is 24.3. The molecule has 2 aromatic heterocycles. The summed E-state index contributed by atoms with van der Waals surface area (Å²) in [6.45, 7) is 9.24. The average molecular weight is 477 g/mol. The highest BCUT2D eigenvalue weighted by Gasteiger charge is 2.27. The van der Waals surface area contributed by atoms with E-state index < -0.39 is 5.60 Å². The molecular weight excluding hydrogens is 444 g/mol. The number of hydrogen-bond acceptors (Lipinski definition) is 6. The van der Waals surface area contributed by atoms with Gasteiger partial charge in [0.25, 0.3) is 0 Å². The number of carbonyl (C=O) groups is 2. The third-order valence-corrected chi connectivity index (χ3v) is 5.86. The van der Waals surface area contributed by atoms with Gasteiger partial charge in [-0.3, -0.25) is 4.79 Å². The first-order chi connectivity index (χ1) is 16.6. The maximum absolute atomic E-state index is 12.9. The number of aryl methyl sites for hydroxylation is 1. The fourth-order valence-electron chi connectivity index (χ4n) is 4.01. The van der Waals surface area contributed by atoms with Crippen LogP contribution in [0.5, 0.6) is 0 Å². The zero-order valence-electron chi connectivity index (χ0n) is 20.9. The molecule has 1 aliphatic rings. The van der Waals surface area contributed by atoms with E-state index in [-0.39, 0.29) is 12.0 Å². The Morgan fingerprint density at radius 3 is 2.69 bits per heavy atom. The van der Waals surface area contributed by atoms with Crippen LogP contribution in [-0.2, 0) is 22.6 Å². The monoisotopic (exact) mass is 476 g/mol. The summed E-state index contributed by atoms with van der Waals surface area (Å²) >= 11 is 0. The Labute approximate surface area is 205 Å². The van der Waals surface area contributed by atoms with E-state index in [9.17, 15) is 9.59 Å². The molecule has 2 amide bonds. The maximum atomic E-state index is 12.9. The molecule has 1 aromatic carbocycles. The lowest BCUT2D eigenvalue weighted by Crippen LogP contribution is -2.38. The Morgan fingerprint density at radius 1 is 1.17 bits per heavy atom. The fourth-order valence-corrected chi connectivity index (χ4v) is 4.01. The van der Waals surface area contributed by atoms with Crippen molar-refractivity contribution in [3.8, 4) is 0 Å². The van der Waals surface area contributed by atoms with Crippen LogP contribution in [0.2, 0.25) is 0 Å². The highest BCUT2D eigenvalue weighted by Crippen LogP contribution is 2.26. The van der Waals surface area contributed by atoms with Gasteiger partial charge in [-0.1, -0.05) is 24.3 Å². The molecule has 0 spiro atoms. The number of hydrogen-bond donors (Lipinski definition) is 0. The number of likely N-dealkylation sites (N-methyl/N-ethyl adjacent to an activating group) is 1. The minimum absolute atomic E-state index is 0.157. The van der Waals surface area contributed by atoms with Gasteiger partial charge in [-0.2, -0.15) is 0 Å². The van der Waals surface area contributed by atoms with Gasteiger partial charge in [0.05, 0.1) is 13.1 Å². The average Bonchev–Trinajstić information content (AvgIpc) is 3.00. The van der Waals surface area contributed by atoms with Crippen LogP contribution in [0, 0.1) is 6.92 Å². The third-order valence-electron chi connectivity index (χ3n) is 5.86. The van der Waals surface area contributed by atoms with E-state index in [4.69, 9.17) is 9.15 Å². The summed E-state index contributed by atoms with van der Waals surface area (Å²) in [4.78, 5) is 35.3. The Kier molecular flexibility index (Phi) is 6.82. The Balaban J connectivity index is 1.47. The van der Waals surface area contributed by atoms with Crippen LogP contribution < -0.4 is 4.90 Å². The van der Waals surface area contributed by atoms with Crippen LogP contribution >= 0.6 is 0 Å². The summed E-state index contributed by atoms with van der Waals surface area (Å²) in [6, 6.07) is 11.6. The van der Waals surface area contributed by atoms with Crippen LogP contribution in [0.4, 0.5) is 10.6 Å². The highest BCUT2D eigenvalue weighted by atomic mass is 16.6. The number of para-hydroxylation sites is 1. The number of anilines is 1. The first-order valence-electron chi connectivity index (χ1n) is 11.7. The normalized spacial score (nSPS) is 14.2. The fraction of sp³-hybridized carbons (Fsp3) is 0.370. The third kappa shape index (κ3) is 5.65. The predicted molar refractivity (Wildman–Crippen MR) is 135 cm³/mol. The molecule has 0 saturated heterocycles. The van der Waals surface area contributed by atoms with Gasteiger partial charge in [-0.25, -0.2) is 9.78 Å². The number of ether oxygens (including phenoxy) is 1. The van der Waals surface area contributed by atoms with Gasteiger partial charge in [0.1, 0.15) is 22.8 Å². The minimum Gasteiger partial charge on any atom is -0.459 e. The van der Waals surface area contributed by atoms with E-state index >= 15 is 0 Å². The van der Waals surface area contributed by atoms with Crippen LogP contribution in [0.3, 0.4) is 0 Å². The van der Waals surface area contributed by atoms with Crippen molar-refractivity contribution in [1.82, 2.24) is 14.8 Å². The molecule has 3 aromatic rings. The lowest BCUT2D eigenvalue weighted by Gasteiger charge is -2.26. The second-order valence-corrected chi connectivity index (χ2v) is 9.74. The summed E-state index contributed by atoms with van der Waals surface area (Å²) in [5.41, 5.74) is 2.17. The van der Waals surface area contributed by atoms with Crippen molar-refractivity contribution in [1.29, 1.82) is 0 Å². The Bertz CT molecular complexity index is 1260. The number of amides is 2. The van der Waals surface area contributed by atoms with Gasteiger partial charge in [0.2, 0.25) is 5.91 Å². The standard InChI is InChI=1S/C27H32N4O4/c1-19-21-10-6-7-11-22(21)34-23(19)18-29(5)24(32)12-14-30-15-16-31(26(33)35-27(2,3)4)17-20-9-8-13-28-25(20)30/h6-14H,15-18H2,1-5H3. The number of fused-ring (bicyclic) bond motifs is 2. The molecule has 35 heavy (non-hydrogen) atoms. The number of furan rings is 1. The van der Waals surface area contributed by atoms with Crippen molar-refractivity contribution >= 4 is 28.8 Å². The van der Waals surface area contributed by atoms with Crippen molar-refractivity contribution in [2.24, 2.45) is 0 Å². The molecule has 0 N–H and O–H groups in total. The number of benzene rings is 1. The number of carbonyl (C=O) groups excluding carboxylic acids is 2. The Morgan fingerprint density at radius 2 is 1.94 bits per heavy atom. The molecule has 0 saturated carbocycles. The summed E-state index contributed by atoms with van der Waals surface area (Å²) in [5.74, 6) is 1.33. The van der Waals surface area contributed by atoms with E-state index in [2.05, 4.69) is 4.98 Å². The SMILES string of the molecule is Cc1c(CN(C)C(=O)C=CN2CCN(C(=O)OC(C)(C)C)Cc3cccnc32)oc2ccccc12. The topological polar surface area (TPSA) is 79.1 Å². The Hall–Kier alpha value is -3.81. The molecule has 184 valence electrons. The molecule has 8 heteroatoms. The smallest absolute Gasteiger partial charge is 0.410 e. The number of nitrogens with zero attached hydrogens (tertiary/aromatic N) is 4. The lowest BCUT2D eigenvalue weighted by atomic mass is 10.1. The van der Waals surface area contributed by atoms with E-state index in [1.54, 1.807) is 29.2 Å². The molecule has 3 heterocycles.